The summed E-state index contributed by atoms with van der Waals surface area (Å²) in [5.41, 5.74) is 9.62. The van der Waals surface area contributed by atoms with E-state index in [9.17, 15) is 0 Å². The van der Waals surface area contributed by atoms with Crippen LogP contribution < -0.4 is 0 Å². The van der Waals surface area contributed by atoms with Crippen LogP contribution in [0.2, 0.25) is 0 Å². The third-order valence-electron chi connectivity index (χ3n) is 9.63. The van der Waals surface area contributed by atoms with Crippen LogP contribution in [0.15, 0.2) is 170 Å². The lowest BCUT2D eigenvalue weighted by molar-refractivity contribution is 1.17. The minimum absolute atomic E-state index is 1.16. The maximum atomic E-state index is 2.46. The van der Waals surface area contributed by atoms with Gasteiger partial charge in [0.15, 0.2) is 0 Å². The second-order valence-electron chi connectivity index (χ2n) is 12.2. The molecular weight excluding hydrogens is 556 g/mol. The molecule has 0 spiro atoms. The molecule has 0 fully saturated rings. The van der Waals surface area contributed by atoms with Crippen molar-refractivity contribution in [2.24, 2.45) is 0 Å². The van der Waals surface area contributed by atoms with E-state index < -0.39 is 0 Å². The van der Waals surface area contributed by atoms with Crippen molar-refractivity contribution >= 4 is 65.2 Å². The molecule has 2 nitrogen and oxygen atoms in total. The Kier molecular flexibility index (Phi) is 5.31. The van der Waals surface area contributed by atoms with Crippen LogP contribution in [0.5, 0.6) is 0 Å². The molecule has 0 saturated carbocycles. The van der Waals surface area contributed by atoms with Crippen molar-refractivity contribution in [3.63, 3.8) is 0 Å². The van der Waals surface area contributed by atoms with E-state index in [1.165, 1.54) is 82.0 Å². The molecule has 2 aromatic heterocycles. The summed E-state index contributed by atoms with van der Waals surface area (Å²) in [7, 11) is 0. The SMILES string of the molecule is c1ccc(-c2ccc3c(c2)c2cc4c5cc6ccccc6cc5n(-c5ccc6ccccc6c5)c4cc2n3-c2ccccc2)cc1. The van der Waals surface area contributed by atoms with Crippen molar-refractivity contribution in [1.82, 2.24) is 9.13 Å². The number of rotatable bonds is 3. The fourth-order valence-electron chi connectivity index (χ4n) is 7.47. The van der Waals surface area contributed by atoms with E-state index in [4.69, 9.17) is 0 Å². The average Bonchev–Trinajstić information content (AvgIpc) is 3.61. The van der Waals surface area contributed by atoms with Crippen LogP contribution in [0.3, 0.4) is 0 Å². The van der Waals surface area contributed by atoms with Gasteiger partial charge in [-0.25, -0.2) is 0 Å². The van der Waals surface area contributed by atoms with Gasteiger partial charge in [0.05, 0.1) is 22.1 Å². The molecule has 0 atom stereocenters. The van der Waals surface area contributed by atoms with Gasteiger partial charge in [-0.15, -0.1) is 0 Å². The number of fused-ring (bicyclic) bond motifs is 8. The minimum Gasteiger partial charge on any atom is -0.309 e. The van der Waals surface area contributed by atoms with Gasteiger partial charge in [-0.2, -0.15) is 0 Å². The topological polar surface area (TPSA) is 9.86 Å². The van der Waals surface area contributed by atoms with Gasteiger partial charge in [-0.3, -0.25) is 0 Å². The third-order valence-corrected chi connectivity index (χ3v) is 9.63. The lowest BCUT2D eigenvalue weighted by Crippen LogP contribution is -1.96. The zero-order chi connectivity index (χ0) is 30.2. The highest BCUT2D eigenvalue weighted by Crippen LogP contribution is 2.42. The second kappa shape index (κ2) is 9.69. The third kappa shape index (κ3) is 3.71. The summed E-state index contributed by atoms with van der Waals surface area (Å²) in [6, 6.07) is 62.1. The molecule has 0 aliphatic rings. The van der Waals surface area contributed by atoms with Gasteiger partial charge in [0, 0.05) is 32.9 Å². The molecule has 0 aliphatic heterocycles. The molecule has 0 saturated heterocycles. The number of nitrogens with zero attached hydrogens (tertiary/aromatic N) is 2. The molecule has 2 heteroatoms. The van der Waals surface area contributed by atoms with E-state index >= 15 is 0 Å². The van der Waals surface area contributed by atoms with E-state index in [2.05, 4.69) is 179 Å². The van der Waals surface area contributed by atoms with Crippen LogP contribution in [0.4, 0.5) is 0 Å². The maximum absolute atomic E-state index is 2.46. The first kappa shape index (κ1) is 25.2. The van der Waals surface area contributed by atoms with Gasteiger partial charge in [0.1, 0.15) is 0 Å². The van der Waals surface area contributed by atoms with Crippen molar-refractivity contribution in [3.05, 3.63) is 170 Å². The van der Waals surface area contributed by atoms with E-state index in [-0.39, 0.29) is 0 Å². The van der Waals surface area contributed by atoms with Crippen molar-refractivity contribution in [3.8, 4) is 22.5 Å². The molecule has 0 bridgehead atoms. The van der Waals surface area contributed by atoms with Gasteiger partial charge in [-0.05, 0) is 93.3 Å². The van der Waals surface area contributed by atoms with Gasteiger partial charge in [-0.1, -0.05) is 109 Å². The Hall–Kier alpha value is -6.12. The van der Waals surface area contributed by atoms with Gasteiger partial charge in [0.2, 0.25) is 0 Å². The Labute approximate surface area is 266 Å². The molecule has 10 aromatic rings. The minimum atomic E-state index is 1.16. The first-order valence-corrected chi connectivity index (χ1v) is 15.9. The Bertz CT molecular complexity index is 2780. The highest BCUT2D eigenvalue weighted by Gasteiger charge is 2.19. The lowest BCUT2D eigenvalue weighted by Gasteiger charge is -2.11. The Morgan fingerprint density at radius 1 is 0.261 bits per heavy atom. The summed E-state index contributed by atoms with van der Waals surface area (Å²) >= 11 is 0. The molecule has 0 radical (unpaired) electrons. The first-order chi connectivity index (χ1) is 22.8. The molecule has 214 valence electrons. The van der Waals surface area contributed by atoms with E-state index in [0.29, 0.717) is 0 Å². The Morgan fingerprint density at radius 3 is 1.54 bits per heavy atom. The summed E-state index contributed by atoms with van der Waals surface area (Å²) in [5.74, 6) is 0. The molecule has 46 heavy (non-hydrogen) atoms. The first-order valence-electron chi connectivity index (χ1n) is 15.9. The largest absolute Gasteiger partial charge is 0.309 e. The molecule has 0 amide bonds. The van der Waals surface area contributed by atoms with E-state index in [0.717, 1.165) is 5.69 Å². The summed E-state index contributed by atoms with van der Waals surface area (Å²) in [5, 5.41) is 10.0. The van der Waals surface area contributed by atoms with Gasteiger partial charge >= 0.3 is 0 Å². The van der Waals surface area contributed by atoms with Crippen LogP contribution in [0.1, 0.15) is 0 Å². The van der Waals surface area contributed by atoms with E-state index in [1.807, 2.05) is 0 Å². The monoisotopic (exact) mass is 584 g/mol. The molecule has 2 heterocycles. The molecule has 0 aliphatic carbocycles. The highest BCUT2D eigenvalue weighted by molar-refractivity contribution is 6.21. The predicted molar refractivity (Wildman–Crippen MR) is 196 cm³/mol. The van der Waals surface area contributed by atoms with Gasteiger partial charge in [0.25, 0.3) is 0 Å². The summed E-state index contributed by atoms with van der Waals surface area (Å²) in [4.78, 5) is 0. The molecule has 10 rings (SSSR count). The second-order valence-corrected chi connectivity index (χ2v) is 12.2. The highest BCUT2D eigenvalue weighted by atomic mass is 15.0. The normalized spacial score (nSPS) is 11.9. The summed E-state index contributed by atoms with van der Waals surface area (Å²) in [6.45, 7) is 0. The predicted octanol–water partition coefficient (Wildman–Crippen LogP) is 11.9. The fraction of sp³-hybridized carbons (Fsp3) is 0. The standard InChI is InChI=1S/C44H28N2/c1-3-11-29(12-4-1)34-20-22-41-37(25-34)39-27-40-38-24-32-15-9-10-16-33(32)26-42(38)46(36-21-19-30-13-7-8-14-31(30)23-36)44(40)28-43(39)45(41)35-17-5-2-6-18-35/h1-28H. The number of hydrogen-bond donors (Lipinski definition) is 0. The number of para-hydroxylation sites is 1. The van der Waals surface area contributed by atoms with Crippen LogP contribution in [0.25, 0.3) is 87.7 Å². The Balaban J connectivity index is 1.37. The van der Waals surface area contributed by atoms with Crippen LogP contribution in [-0.4, -0.2) is 9.13 Å². The Morgan fingerprint density at radius 2 is 0.804 bits per heavy atom. The summed E-state index contributed by atoms with van der Waals surface area (Å²) < 4.78 is 4.89. The quantitative estimate of drug-likeness (QED) is 0.195. The fourth-order valence-corrected chi connectivity index (χ4v) is 7.47. The molecular formula is C44H28N2. The zero-order valence-corrected chi connectivity index (χ0v) is 25.1. The van der Waals surface area contributed by atoms with Crippen molar-refractivity contribution in [2.45, 2.75) is 0 Å². The number of benzene rings is 8. The molecule has 8 aromatic carbocycles. The van der Waals surface area contributed by atoms with Gasteiger partial charge < -0.3 is 9.13 Å². The van der Waals surface area contributed by atoms with Crippen molar-refractivity contribution in [1.29, 1.82) is 0 Å². The molecule has 0 unspecified atom stereocenters. The molecule has 0 N–H and O–H groups in total. The van der Waals surface area contributed by atoms with Crippen LogP contribution in [-0.2, 0) is 0 Å². The van der Waals surface area contributed by atoms with E-state index in [1.54, 1.807) is 0 Å². The van der Waals surface area contributed by atoms with Crippen LogP contribution >= 0.6 is 0 Å². The lowest BCUT2D eigenvalue weighted by atomic mass is 10.0. The maximum Gasteiger partial charge on any atom is 0.0562 e. The van der Waals surface area contributed by atoms with Crippen LogP contribution in [0, 0.1) is 0 Å². The summed E-state index contributed by atoms with van der Waals surface area (Å²) in [6.07, 6.45) is 0. The van der Waals surface area contributed by atoms with Crippen molar-refractivity contribution < 1.29 is 0 Å². The van der Waals surface area contributed by atoms with Crippen molar-refractivity contribution in [2.75, 3.05) is 0 Å². The number of aromatic nitrogens is 2. The zero-order valence-electron chi connectivity index (χ0n) is 25.1. The number of hydrogen-bond acceptors (Lipinski definition) is 0. The smallest absolute Gasteiger partial charge is 0.0562 e. The average molecular weight is 585 g/mol.